The summed E-state index contributed by atoms with van der Waals surface area (Å²) in [4.78, 5) is 23.9. The summed E-state index contributed by atoms with van der Waals surface area (Å²) in [7, 11) is 0. The van der Waals surface area contributed by atoms with Crippen LogP contribution >= 0.6 is 5.15 Å². The van der Waals surface area contributed by atoms with Crippen molar-refractivity contribution in [3.05, 3.63) is 0 Å². The Kier molecular flexibility index (Phi) is 9.43. The van der Waals surface area contributed by atoms with Gasteiger partial charge < -0.3 is 0 Å². The Morgan fingerprint density at radius 1 is 1.32 bits per heavy atom. The van der Waals surface area contributed by atoms with Crippen LogP contribution in [0.1, 0.15) is 46.0 Å². The minimum absolute atomic E-state index is 0.252. The Labute approximate surface area is 158 Å². The van der Waals surface area contributed by atoms with Gasteiger partial charge in [0.25, 0.3) is 0 Å². The molecule has 0 saturated heterocycles. The van der Waals surface area contributed by atoms with Gasteiger partial charge in [0.15, 0.2) is 0 Å². The molecule has 144 valence electrons. The molecule has 7 nitrogen and oxygen atoms in total. The molecular formula is C16H26INO6P-. The third-order valence-corrected chi connectivity index (χ3v) is 10.7. The zero-order valence-corrected chi connectivity index (χ0v) is 17.7. The second-order valence-corrected chi connectivity index (χ2v) is 14.5. The fraction of sp³-hybridized carbons (Fsp3) is 0.750. The molecule has 5 unspecified atom stereocenters. The van der Waals surface area contributed by atoms with Gasteiger partial charge in [0.1, 0.15) is 0 Å². The fourth-order valence-corrected chi connectivity index (χ4v) is 6.89. The van der Waals surface area contributed by atoms with E-state index < -0.39 is 55.7 Å². The maximum atomic E-state index is 11.1. The summed E-state index contributed by atoms with van der Waals surface area (Å²) >= 11 is -0.643. The Morgan fingerprint density at radius 3 is 2.56 bits per heavy atom. The summed E-state index contributed by atoms with van der Waals surface area (Å²) in [6, 6.07) is 0. The van der Waals surface area contributed by atoms with Crippen LogP contribution in [0, 0.1) is 28.8 Å². The number of carboxylic acids is 2. The molecule has 0 bridgehead atoms. The summed E-state index contributed by atoms with van der Waals surface area (Å²) in [5.74, 6) is 3.18. The molecule has 0 radical (unpaired) electrons. The number of alkyl halides is 1. The summed E-state index contributed by atoms with van der Waals surface area (Å²) < 4.78 is 11.7. The first-order chi connectivity index (χ1) is 11.7. The average molecular weight is 486 g/mol. The average Bonchev–Trinajstić information content (AvgIpc) is 2.77. The first-order valence-electron chi connectivity index (χ1n) is 8.13. The molecule has 0 amide bonds. The second kappa shape index (κ2) is 10.5. The van der Waals surface area contributed by atoms with Gasteiger partial charge in [-0.3, -0.25) is 0 Å². The van der Waals surface area contributed by atoms with Crippen molar-refractivity contribution in [2.75, 3.05) is 4.93 Å². The van der Waals surface area contributed by atoms with Gasteiger partial charge in [0.05, 0.1) is 0 Å². The van der Waals surface area contributed by atoms with Crippen LogP contribution in [0.4, 0.5) is 0 Å². The molecular weight excluding hydrogens is 460 g/mol. The number of nitrogens with one attached hydrogen (secondary N) is 1. The second-order valence-electron chi connectivity index (χ2n) is 6.11. The van der Waals surface area contributed by atoms with E-state index in [0.717, 1.165) is 0 Å². The van der Waals surface area contributed by atoms with Crippen molar-refractivity contribution in [1.82, 2.24) is 0 Å². The van der Waals surface area contributed by atoms with Crippen LogP contribution in [-0.4, -0.2) is 39.3 Å². The summed E-state index contributed by atoms with van der Waals surface area (Å²) in [5, 5.41) is 23.8. The Hall–Kier alpha value is -0.620. The third kappa shape index (κ3) is 8.07. The molecule has 0 heterocycles. The van der Waals surface area contributed by atoms with E-state index in [0.29, 0.717) is 32.1 Å². The number of halogens is 1. The van der Waals surface area contributed by atoms with Crippen molar-refractivity contribution < 1.29 is 49.5 Å². The van der Waals surface area contributed by atoms with Gasteiger partial charge in [-0.2, -0.15) is 0 Å². The molecule has 0 saturated carbocycles. The van der Waals surface area contributed by atoms with E-state index in [2.05, 4.69) is 11.8 Å². The molecule has 0 aromatic carbocycles. The SMILES string of the molecule is C[I-]P(=N)(OC(C)CCC(C)C(=O)O)OC1C#CCC(C(=O)O)CC1. The van der Waals surface area contributed by atoms with Crippen LogP contribution in [0.15, 0.2) is 0 Å². The van der Waals surface area contributed by atoms with Gasteiger partial charge in [-0.05, 0) is 0 Å². The molecule has 0 aromatic heterocycles. The first-order valence-corrected chi connectivity index (χ1v) is 14.7. The molecule has 0 aromatic rings. The molecule has 9 heteroatoms. The standard InChI is InChI=1S/C16H26INO6P/c1-11(15(19)20)7-8-12(2)23-25(18,17-3)24-14-6-4-5-13(9-10-14)16(21)22/h11-14,18H,5,7-10H2,1-3H3,(H,19,20)(H,21,22)/q-1. The quantitative estimate of drug-likeness (QED) is 0.178. The Bertz CT molecular complexity index is 587. The molecule has 3 N–H and O–H groups in total. The van der Waals surface area contributed by atoms with Crippen LogP contribution in [0.2, 0.25) is 0 Å². The maximum absolute atomic E-state index is 11.1. The number of carboxylic acid groups (broad SMARTS) is 2. The van der Waals surface area contributed by atoms with Crippen molar-refractivity contribution in [1.29, 1.82) is 5.16 Å². The van der Waals surface area contributed by atoms with Crippen LogP contribution in [-0.2, 0) is 18.6 Å². The van der Waals surface area contributed by atoms with Crippen LogP contribution < -0.4 is 20.7 Å². The predicted octanol–water partition coefficient (Wildman–Crippen LogP) is 0.409. The van der Waals surface area contributed by atoms with Gasteiger partial charge in [-0.1, -0.05) is 0 Å². The van der Waals surface area contributed by atoms with E-state index in [1.165, 1.54) is 0 Å². The number of hydrogen-bond donors (Lipinski definition) is 3. The van der Waals surface area contributed by atoms with E-state index in [-0.39, 0.29) is 6.10 Å². The van der Waals surface area contributed by atoms with Crippen LogP contribution in [0.5, 0.6) is 0 Å². The van der Waals surface area contributed by atoms with E-state index in [1.54, 1.807) is 6.92 Å². The van der Waals surface area contributed by atoms with E-state index in [1.807, 2.05) is 11.9 Å². The Balaban J connectivity index is 2.58. The van der Waals surface area contributed by atoms with Crippen molar-refractivity contribution in [2.24, 2.45) is 11.8 Å². The molecule has 1 aliphatic carbocycles. The number of hydrogen-bond acceptors (Lipinski definition) is 5. The van der Waals surface area contributed by atoms with Crippen molar-refractivity contribution in [3.8, 4) is 11.8 Å². The molecule has 25 heavy (non-hydrogen) atoms. The van der Waals surface area contributed by atoms with Crippen LogP contribution in [0.25, 0.3) is 0 Å². The van der Waals surface area contributed by atoms with Gasteiger partial charge >= 0.3 is 159 Å². The third-order valence-electron chi connectivity index (χ3n) is 3.97. The number of carbonyl (C=O) groups is 2. The van der Waals surface area contributed by atoms with E-state index in [9.17, 15) is 9.59 Å². The minimum atomic E-state index is -2.76. The van der Waals surface area contributed by atoms with Gasteiger partial charge in [0.2, 0.25) is 0 Å². The topological polar surface area (TPSA) is 117 Å². The Morgan fingerprint density at radius 2 is 2.00 bits per heavy atom. The van der Waals surface area contributed by atoms with Gasteiger partial charge in [-0.25, -0.2) is 0 Å². The summed E-state index contributed by atoms with van der Waals surface area (Å²) in [6.45, 7) is 3.49. The number of aliphatic carboxylic acids is 2. The fourth-order valence-electron chi connectivity index (χ4n) is 2.27. The normalized spacial score (nSPS) is 25.1. The monoisotopic (exact) mass is 486 g/mol. The van der Waals surface area contributed by atoms with E-state index >= 15 is 0 Å². The molecule has 1 aliphatic rings. The zero-order chi connectivity index (χ0) is 19.0. The number of rotatable bonds is 10. The van der Waals surface area contributed by atoms with Crippen molar-refractivity contribution >= 4 is 17.1 Å². The summed E-state index contributed by atoms with van der Waals surface area (Å²) in [6.07, 6.45) is 1.60. The van der Waals surface area contributed by atoms with Gasteiger partial charge in [0, 0.05) is 0 Å². The van der Waals surface area contributed by atoms with Crippen molar-refractivity contribution in [3.63, 3.8) is 0 Å². The molecule has 0 fully saturated rings. The van der Waals surface area contributed by atoms with E-state index in [4.69, 9.17) is 24.4 Å². The first kappa shape index (κ1) is 22.4. The van der Waals surface area contributed by atoms with Gasteiger partial charge in [-0.15, -0.1) is 0 Å². The molecule has 5 atom stereocenters. The predicted molar refractivity (Wildman–Crippen MR) is 89.8 cm³/mol. The zero-order valence-electron chi connectivity index (χ0n) is 14.7. The van der Waals surface area contributed by atoms with Crippen LogP contribution in [0.3, 0.4) is 0 Å². The van der Waals surface area contributed by atoms with Crippen molar-refractivity contribution in [2.45, 2.75) is 58.2 Å². The molecule has 0 spiro atoms. The molecule has 1 rings (SSSR count). The summed E-state index contributed by atoms with van der Waals surface area (Å²) in [5.41, 5.74) is 0. The molecule has 0 aliphatic heterocycles.